The lowest BCUT2D eigenvalue weighted by Crippen LogP contribution is -2.24. The normalized spacial score (nSPS) is 11.1. The summed E-state index contributed by atoms with van der Waals surface area (Å²) >= 11 is 0. The maximum absolute atomic E-state index is 13.5. The van der Waals surface area contributed by atoms with Crippen LogP contribution in [0.1, 0.15) is 26.4 Å². The van der Waals surface area contributed by atoms with Crippen LogP contribution in [0.15, 0.2) is 48.8 Å². The molecule has 8 nitrogen and oxygen atoms in total. The van der Waals surface area contributed by atoms with Gasteiger partial charge in [0, 0.05) is 39.3 Å². The number of benzene rings is 1. The number of nitrogens with zero attached hydrogens (tertiary/aromatic N) is 6. The molecule has 30 heavy (non-hydrogen) atoms. The molecular formula is C21H19FN6O2. The molecule has 0 unspecified atom stereocenters. The number of ketones is 1. The van der Waals surface area contributed by atoms with Crippen LogP contribution in [0.5, 0.6) is 0 Å². The predicted octanol–water partition coefficient (Wildman–Crippen LogP) is 2.40. The van der Waals surface area contributed by atoms with Crippen LogP contribution in [0, 0.1) is 5.82 Å². The Hall–Kier alpha value is -3.88. The number of aromatic nitrogens is 5. The van der Waals surface area contributed by atoms with Crippen LogP contribution in [-0.2, 0) is 13.5 Å². The number of hydrogen-bond acceptors (Lipinski definition) is 5. The largest absolute Gasteiger partial charge is 0.345 e. The highest BCUT2D eigenvalue weighted by Crippen LogP contribution is 2.19. The Morgan fingerprint density at radius 2 is 1.97 bits per heavy atom. The number of pyridine rings is 1. The molecule has 0 saturated heterocycles. The van der Waals surface area contributed by atoms with E-state index in [2.05, 4.69) is 15.2 Å². The summed E-state index contributed by atoms with van der Waals surface area (Å²) in [5.41, 5.74) is 2.35. The molecule has 0 spiro atoms. The van der Waals surface area contributed by atoms with Crippen LogP contribution in [-0.4, -0.2) is 55.1 Å². The first kappa shape index (κ1) is 19.4. The molecule has 1 amide bonds. The van der Waals surface area contributed by atoms with Gasteiger partial charge < -0.3 is 4.90 Å². The summed E-state index contributed by atoms with van der Waals surface area (Å²) < 4.78 is 16.5. The second-order valence-corrected chi connectivity index (χ2v) is 7.11. The van der Waals surface area contributed by atoms with Crippen molar-refractivity contribution in [3.8, 4) is 11.4 Å². The number of aryl methyl sites for hydroxylation is 1. The van der Waals surface area contributed by atoms with Crippen molar-refractivity contribution in [3.05, 3.63) is 71.4 Å². The van der Waals surface area contributed by atoms with Crippen molar-refractivity contribution in [1.82, 2.24) is 29.3 Å². The van der Waals surface area contributed by atoms with E-state index in [1.54, 1.807) is 56.1 Å². The number of hydrogen-bond donors (Lipinski definition) is 0. The Bertz CT molecular complexity index is 1270. The Balaban J connectivity index is 1.63. The number of rotatable bonds is 5. The lowest BCUT2D eigenvalue weighted by atomic mass is 10.0. The van der Waals surface area contributed by atoms with Crippen LogP contribution in [0.3, 0.4) is 0 Å². The van der Waals surface area contributed by atoms with E-state index in [4.69, 9.17) is 0 Å². The molecular weight excluding hydrogens is 387 g/mol. The molecule has 3 aromatic heterocycles. The molecule has 0 fully saturated rings. The van der Waals surface area contributed by atoms with Crippen molar-refractivity contribution in [2.75, 3.05) is 14.1 Å². The van der Waals surface area contributed by atoms with Gasteiger partial charge in [0.2, 0.25) is 0 Å². The number of carbonyl (C=O) groups excluding carboxylic acids is 2. The Morgan fingerprint density at radius 3 is 2.70 bits per heavy atom. The minimum absolute atomic E-state index is 0.0753. The molecule has 0 saturated carbocycles. The SMILES string of the molecule is CN(C)C(=O)c1cnn(C)c1C(=O)Cc1ccn2nc(-c3cccc(F)c3)nc2c1. The summed E-state index contributed by atoms with van der Waals surface area (Å²) in [5.74, 6) is -0.478. The lowest BCUT2D eigenvalue weighted by molar-refractivity contribution is 0.0819. The summed E-state index contributed by atoms with van der Waals surface area (Å²) in [6.07, 6.45) is 3.18. The fourth-order valence-corrected chi connectivity index (χ4v) is 3.22. The van der Waals surface area contributed by atoms with Crippen LogP contribution in [0.4, 0.5) is 4.39 Å². The van der Waals surface area contributed by atoms with E-state index in [1.165, 1.54) is 27.9 Å². The smallest absolute Gasteiger partial charge is 0.257 e. The molecule has 0 radical (unpaired) electrons. The fraction of sp³-hybridized carbons (Fsp3) is 0.190. The minimum atomic E-state index is -0.364. The first-order valence-electron chi connectivity index (χ1n) is 9.21. The van der Waals surface area contributed by atoms with Crippen molar-refractivity contribution in [1.29, 1.82) is 0 Å². The van der Waals surface area contributed by atoms with Gasteiger partial charge in [0.05, 0.1) is 11.8 Å². The molecule has 0 N–H and O–H groups in total. The van der Waals surface area contributed by atoms with Crippen LogP contribution < -0.4 is 0 Å². The summed E-state index contributed by atoms with van der Waals surface area (Å²) in [6.45, 7) is 0. The van der Waals surface area contributed by atoms with Gasteiger partial charge in [-0.25, -0.2) is 13.9 Å². The van der Waals surface area contributed by atoms with E-state index < -0.39 is 0 Å². The maximum atomic E-state index is 13.5. The van der Waals surface area contributed by atoms with Gasteiger partial charge in [0.1, 0.15) is 11.5 Å². The summed E-state index contributed by atoms with van der Waals surface area (Å²) in [4.78, 5) is 31.1. The molecule has 0 atom stereocenters. The maximum Gasteiger partial charge on any atom is 0.257 e. The molecule has 1 aromatic carbocycles. The zero-order chi connectivity index (χ0) is 21.4. The molecule has 0 aliphatic carbocycles. The molecule has 0 aliphatic rings. The second kappa shape index (κ2) is 7.51. The fourth-order valence-electron chi connectivity index (χ4n) is 3.22. The van der Waals surface area contributed by atoms with E-state index >= 15 is 0 Å². The molecule has 3 heterocycles. The van der Waals surface area contributed by atoms with Crippen molar-refractivity contribution in [3.63, 3.8) is 0 Å². The first-order valence-corrected chi connectivity index (χ1v) is 9.21. The van der Waals surface area contributed by atoms with Gasteiger partial charge in [-0.1, -0.05) is 12.1 Å². The van der Waals surface area contributed by atoms with Crippen molar-refractivity contribution >= 4 is 17.3 Å². The predicted molar refractivity (Wildman–Crippen MR) is 108 cm³/mol. The Kier molecular flexibility index (Phi) is 4.86. The third kappa shape index (κ3) is 3.57. The molecule has 9 heteroatoms. The molecule has 4 rings (SSSR count). The van der Waals surface area contributed by atoms with E-state index in [-0.39, 0.29) is 35.2 Å². The third-order valence-corrected chi connectivity index (χ3v) is 4.69. The number of Topliss-reactive ketones (excluding diaryl/α,β-unsaturated/α-hetero) is 1. The number of amides is 1. The minimum Gasteiger partial charge on any atom is -0.345 e. The number of halogens is 1. The molecule has 0 bridgehead atoms. The van der Waals surface area contributed by atoms with Crippen LogP contribution in [0.2, 0.25) is 0 Å². The van der Waals surface area contributed by atoms with E-state index in [0.29, 0.717) is 17.0 Å². The average molecular weight is 406 g/mol. The summed E-state index contributed by atoms with van der Waals surface area (Å²) in [6, 6.07) is 9.56. The first-order chi connectivity index (χ1) is 14.3. The summed E-state index contributed by atoms with van der Waals surface area (Å²) in [5, 5.41) is 8.42. The monoisotopic (exact) mass is 406 g/mol. The van der Waals surface area contributed by atoms with E-state index in [1.807, 2.05) is 0 Å². The average Bonchev–Trinajstić information content (AvgIpc) is 3.30. The van der Waals surface area contributed by atoms with Gasteiger partial charge >= 0.3 is 0 Å². The quantitative estimate of drug-likeness (QED) is 0.475. The molecule has 4 aromatic rings. The number of fused-ring (bicyclic) bond motifs is 1. The van der Waals surface area contributed by atoms with Crippen molar-refractivity contribution in [2.45, 2.75) is 6.42 Å². The second-order valence-electron chi connectivity index (χ2n) is 7.11. The zero-order valence-electron chi connectivity index (χ0n) is 16.7. The van der Waals surface area contributed by atoms with Gasteiger partial charge in [-0.3, -0.25) is 14.3 Å². The standard InChI is InChI=1S/C21H19FN6O2/c1-26(2)21(30)16-12-23-27(3)19(16)17(29)9-13-7-8-28-18(10-13)24-20(25-28)14-5-4-6-15(22)11-14/h4-8,10-12H,9H2,1-3H3. The van der Waals surface area contributed by atoms with Gasteiger partial charge in [-0.2, -0.15) is 5.10 Å². The lowest BCUT2D eigenvalue weighted by Gasteiger charge is -2.10. The highest BCUT2D eigenvalue weighted by Gasteiger charge is 2.23. The Morgan fingerprint density at radius 1 is 1.17 bits per heavy atom. The third-order valence-electron chi connectivity index (χ3n) is 4.69. The van der Waals surface area contributed by atoms with Crippen molar-refractivity contribution < 1.29 is 14.0 Å². The van der Waals surface area contributed by atoms with Crippen LogP contribution in [0.25, 0.3) is 17.0 Å². The number of carbonyl (C=O) groups is 2. The Labute approximate surface area is 171 Å². The van der Waals surface area contributed by atoms with Gasteiger partial charge in [-0.05, 0) is 29.8 Å². The van der Waals surface area contributed by atoms with Gasteiger partial charge in [0.15, 0.2) is 17.3 Å². The highest BCUT2D eigenvalue weighted by molar-refractivity contribution is 6.07. The molecule has 152 valence electrons. The van der Waals surface area contributed by atoms with E-state index in [0.717, 1.165) is 5.56 Å². The molecule has 0 aliphatic heterocycles. The van der Waals surface area contributed by atoms with Gasteiger partial charge in [-0.15, -0.1) is 5.10 Å². The van der Waals surface area contributed by atoms with Crippen LogP contribution >= 0.6 is 0 Å². The zero-order valence-corrected chi connectivity index (χ0v) is 16.7. The van der Waals surface area contributed by atoms with Gasteiger partial charge in [0.25, 0.3) is 5.91 Å². The highest BCUT2D eigenvalue weighted by atomic mass is 19.1. The van der Waals surface area contributed by atoms with Crippen molar-refractivity contribution in [2.24, 2.45) is 7.05 Å². The van der Waals surface area contributed by atoms with E-state index in [9.17, 15) is 14.0 Å². The summed E-state index contributed by atoms with van der Waals surface area (Å²) in [7, 11) is 4.88. The topological polar surface area (TPSA) is 85.4 Å².